The average Bonchev–Trinajstić information content (AvgIpc) is 2.45. The Morgan fingerprint density at radius 3 is 2.52 bits per heavy atom. The van der Waals surface area contributed by atoms with Gasteiger partial charge >= 0.3 is 12.0 Å². The summed E-state index contributed by atoms with van der Waals surface area (Å²) < 4.78 is 4.83. The Bertz CT molecular complexity index is 478. The van der Waals surface area contributed by atoms with Gasteiger partial charge in [0, 0.05) is 38.8 Å². The van der Waals surface area contributed by atoms with Crippen molar-refractivity contribution in [2.24, 2.45) is 0 Å². The smallest absolute Gasteiger partial charge is 0.326 e. The number of rotatable bonds is 7. The van der Waals surface area contributed by atoms with Gasteiger partial charge in [-0.15, -0.1) is 0 Å². The van der Waals surface area contributed by atoms with Crippen molar-refractivity contribution in [3.05, 3.63) is 34.9 Å². The van der Waals surface area contributed by atoms with E-state index in [1.165, 1.54) is 12.0 Å². The molecule has 7 heteroatoms. The fraction of sp³-hybridized carbons (Fsp3) is 0.429. The summed E-state index contributed by atoms with van der Waals surface area (Å²) in [6.45, 7) is 0.623. The summed E-state index contributed by atoms with van der Waals surface area (Å²) in [5, 5.41) is 12.1. The second-order valence-corrected chi connectivity index (χ2v) is 5.04. The number of halogens is 1. The lowest BCUT2D eigenvalue weighted by atomic mass is 10.2. The van der Waals surface area contributed by atoms with Crippen LogP contribution in [0.5, 0.6) is 0 Å². The fourth-order valence-corrected chi connectivity index (χ4v) is 1.81. The van der Waals surface area contributed by atoms with E-state index in [0.29, 0.717) is 11.6 Å². The van der Waals surface area contributed by atoms with E-state index in [0.717, 1.165) is 5.56 Å². The molecule has 2 N–H and O–H groups in total. The van der Waals surface area contributed by atoms with Gasteiger partial charge in [-0.3, -0.25) is 0 Å². The summed E-state index contributed by atoms with van der Waals surface area (Å²) in [6, 6.07) is 5.68. The van der Waals surface area contributed by atoms with Crippen molar-refractivity contribution in [2.45, 2.75) is 19.0 Å². The molecule has 6 nitrogen and oxygen atoms in total. The molecule has 116 valence electrons. The molecule has 0 radical (unpaired) electrons. The van der Waals surface area contributed by atoms with Crippen molar-refractivity contribution in [1.82, 2.24) is 10.2 Å². The molecule has 0 saturated carbocycles. The number of urea groups is 1. The zero-order valence-electron chi connectivity index (χ0n) is 12.0. The molecule has 0 spiro atoms. The van der Waals surface area contributed by atoms with Crippen LogP contribution < -0.4 is 5.32 Å². The van der Waals surface area contributed by atoms with Crippen LogP contribution in [0.15, 0.2) is 24.3 Å². The number of amides is 2. The average molecular weight is 315 g/mol. The summed E-state index contributed by atoms with van der Waals surface area (Å²) in [5.74, 6) is -1.08. The number of hydrogen-bond acceptors (Lipinski definition) is 3. The van der Waals surface area contributed by atoms with Gasteiger partial charge in [-0.2, -0.15) is 0 Å². The van der Waals surface area contributed by atoms with Gasteiger partial charge < -0.3 is 20.1 Å². The minimum absolute atomic E-state index is 0.215. The number of carbonyl (C=O) groups is 2. The van der Waals surface area contributed by atoms with E-state index in [9.17, 15) is 9.59 Å². The molecule has 0 heterocycles. The SMILES string of the molecule is COCCC(NC(=O)N(C)Cc1ccc(Cl)cc1)C(=O)O. The van der Waals surface area contributed by atoms with Crippen LogP contribution in [0.25, 0.3) is 0 Å². The molecule has 21 heavy (non-hydrogen) atoms. The number of nitrogens with one attached hydrogen (secondary N) is 1. The lowest BCUT2D eigenvalue weighted by Crippen LogP contribution is -2.46. The molecule has 0 saturated heterocycles. The fourth-order valence-electron chi connectivity index (χ4n) is 1.69. The number of aliphatic carboxylic acids is 1. The number of carboxylic acid groups (broad SMARTS) is 1. The Kier molecular flexibility index (Phi) is 6.98. The van der Waals surface area contributed by atoms with Gasteiger partial charge in [0.1, 0.15) is 6.04 Å². The highest BCUT2D eigenvalue weighted by Gasteiger charge is 2.21. The maximum atomic E-state index is 12.0. The Morgan fingerprint density at radius 2 is 2.00 bits per heavy atom. The van der Waals surface area contributed by atoms with Crippen LogP contribution in [-0.2, 0) is 16.1 Å². The second-order valence-electron chi connectivity index (χ2n) is 4.60. The first kappa shape index (κ1) is 17.3. The Hall–Kier alpha value is -1.79. The first-order valence-corrected chi connectivity index (χ1v) is 6.79. The summed E-state index contributed by atoms with van der Waals surface area (Å²) in [4.78, 5) is 24.4. The van der Waals surface area contributed by atoms with Gasteiger partial charge in [0.25, 0.3) is 0 Å². The van der Waals surface area contributed by atoms with Gasteiger partial charge in [-0.25, -0.2) is 9.59 Å². The molecule has 1 atom stereocenters. The lowest BCUT2D eigenvalue weighted by Gasteiger charge is -2.21. The Morgan fingerprint density at radius 1 is 1.38 bits per heavy atom. The topological polar surface area (TPSA) is 78.9 Å². The summed E-state index contributed by atoms with van der Waals surface area (Å²) in [6.07, 6.45) is 0.215. The molecule has 1 aromatic carbocycles. The third kappa shape index (κ3) is 6.01. The molecular weight excluding hydrogens is 296 g/mol. The van der Waals surface area contributed by atoms with Crippen LogP contribution in [0.4, 0.5) is 4.79 Å². The first-order valence-electron chi connectivity index (χ1n) is 6.42. The van der Waals surface area contributed by atoms with Gasteiger partial charge in [-0.1, -0.05) is 23.7 Å². The number of carbonyl (C=O) groups excluding carboxylic acids is 1. The number of nitrogens with zero attached hydrogens (tertiary/aromatic N) is 1. The van der Waals surface area contributed by atoms with Crippen molar-refractivity contribution < 1.29 is 19.4 Å². The van der Waals surface area contributed by atoms with Crippen molar-refractivity contribution in [3.8, 4) is 0 Å². The zero-order valence-corrected chi connectivity index (χ0v) is 12.8. The number of ether oxygens (including phenoxy) is 1. The van der Waals surface area contributed by atoms with Crippen LogP contribution >= 0.6 is 11.6 Å². The predicted molar refractivity (Wildman–Crippen MR) is 79.4 cm³/mol. The monoisotopic (exact) mass is 314 g/mol. The lowest BCUT2D eigenvalue weighted by molar-refractivity contribution is -0.139. The molecule has 0 aliphatic carbocycles. The van der Waals surface area contributed by atoms with Crippen molar-refractivity contribution >= 4 is 23.6 Å². The van der Waals surface area contributed by atoms with E-state index in [-0.39, 0.29) is 13.0 Å². The van der Waals surface area contributed by atoms with Crippen molar-refractivity contribution in [3.63, 3.8) is 0 Å². The number of benzene rings is 1. The molecule has 1 rings (SSSR count). The summed E-state index contributed by atoms with van der Waals surface area (Å²) >= 11 is 5.79. The van der Waals surface area contributed by atoms with E-state index in [1.807, 2.05) is 12.1 Å². The Balaban J connectivity index is 2.56. The van der Waals surface area contributed by atoms with Gasteiger partial charge in [0.05, 0.1) is 0 Å². The highest BCUT2D eigenvalue weighted by atomic mass is 35.5. The second kappa shape index (κ2) is 8.49. The van der Waals surface area contributed by atoms with E-state index < -0.39 is 18.0 Å². The molecule has 1 unspecified atom stereocenters. The van der Waals surface area contributed by atoms with Gasteiger partial charge in [0.2, 0.25) is 0 Å². The molecular formula is C14H19ClN2O4. The highest BCUT2D eigenvalue weighted by Crippen LogP contribution is 2.11. The van der Waals surface area contributed by atoms with Gasteiger partial charge in [0.15, 0.2) is 0 Å². The molecule has 0 aliphatic heterocycles. The number of carboxylic acids is 1. The Labute approximate surface area is 128 Å². The van der Waals surface area contributed by atoms with E-state index in [2.05, 4.69) is 5.32 Å². The van der Waals surface area contributed by atoms with E-state index >= 15 is 0 Å². The van der Waals surface area contributed by atoms with Crippen LogP contribution in [0, 0.1) is 0 Å². The molecule has 1 aromatic rings. The number of methoxy groups -OCH3 is 1. The standard InChI is InChI=1S/C14H19ClN2O4/c1-17(9-10-3-5-11(15)6-4-10)14(20)16-12(13(18)19)7-8-21-2/h3-6,12H,7-9H2,1-2H3,(H,16,20)(H,18,19). The summed E-state index contributed by atoms with van der Waals surface area (Å²) in [7, 11) is 3.08. The van der Waals surface area contributed by atoms with Crippen molar-refractivity contribution in [2.75, 3.05) is 20.8 Å². The molecule has 0 aromatic heterocycles. The number of hydrogen-bond donors (Lipinski definition) is 2. The van der Waals surface area contributed by atoms with Crippen LogP contribution in [0.2, 0.25) is 5.02 Å². The van der Waals surface area contributed by atoms with Crippen LogP contribution in [0.3, 0.4) is 0 Å². The van der Waals surface area contributed by atoms with Crippen molar-refractivity contribution in [1.29, 1.82) is 0 Å². The van der Waals surface area contributed by atoms with E-state index in [1.54, 1.807) is 19.2 Å². The largest absolute Gasteiger partial charge is 0.480 e. The van der Waals surface area contributed by atoms with Crippen LogP contribution in [-0.4, -0.2) is 48.8 Å². The van der Waals surface area contributed by atoms with Crippen LogP contribution in [0.1, 0.15) is 12.0 Å². The molecule has 2 amide bonds. The third-order valence-corrected chi connectivity index (χ3v) is 3.14. The summed E-state index contributed by atoms with van der Waals surface area (Å²) in [5.41, 5.74) is 0.904. The third-order valence-electron chi connectivity index (χ3n) is 2.89. The minimum Gasteiger partial charge on any atom is -0.480 e. The zero-order chi connectivity index (χ0) is 15.8. The maximum Gasteiger partial charge on any atom is 0.326 e. The normalized spacial score (nSPS) is 11.8. The minimum atomic E-state index is -1.08. The maximum absolute atomic E-state index is 12.0. The molecule has 0 fully saturated rings. The first-order chi connectivity index (χ1) is 9.93. The molecule has 0 bridgehead atoms. The highest BCUT2D eigenvalue weighted by molar-refractivity contribution is 6.30. The van der Waals surface area contributed by atoms with Gasteiger partial charge in [-0.05, 0) is 17.7 Å². The molecule has 0 aliphatic rings. The quantitative estimate of drug-likeness (QED) is 0.806. The predicted octanol–water partition coefficient (Wildman–Crippen LogP) is 1.97. The van der Waals surface area contributed by atoms with E-state index in [4.69, 9.17) is 21.4 Å².